The molecule has 0 N–H and O–H groups in total. The van der Waals surface area contributed by atoms with Crippen molar-refractivity contribution in [1.29, 1.82) is 5.26 Å². The molecular weight excluding hydrogens is 355 g/mol. The van der Waals surface area contributed by atoms with Crippen LogP contribution in [0.15, 0.2) is 30.3 Å². The molecule has 1 saturated heterocycles. The average Bonchev–Trinajstić information content (AvgIpc) is 3.52. The van der Waals surface area contributed by atoms with E-state index in [0.29, 0.717) is 23.1 Å². The minimum absolute atomic E-state index is 0.0375. The Morgan fingerprint density at radius 2 is 1.78 bits per heavy atom. The number of aromatic nitrogens is 2. The van der Waals surface area contributed by atoms with Crippen LogP contribution in [-0.4, -0.2) is 47.1 Å². The van der Waals surface area contributed by atoms with Gasteiger partial charge in [-0.3, -0.25) is 4.90 Å². The highest BCUT2D eigenvalue weighted by Gasteiger charge is 2.32. The molecule has 0 unspecified atom stereocenters. The summed E-state index contributed by atoms with van der Waals surface area (Å²) in [7, 11) is 0. The highest BCUT2D eigenvalue weighted by atomic mass is 19.4. The van der Waals surface area contributed by atoms with Crippen molar-refractivity contribution in [3.05, 3.63) is 41.7 Å². The first kappa shape index (κ1) is 17.7. The largest absolute Gasteiger partial charge is 0.416 e. The van der Waals surface area contributed by atoms with Crippen LogP contribution in [0.4, 0.5) is 19.0 Å². The van der Waals surface area contributed by atoms with Gasteiger partial charge in [0.15, 0.2) is 0 Å². The molecule has 0 radical (unpaired) electrons. The summed E-state index contributed by atoms with van der Waals surface area (Å²) >= 11 is 0. The molecule has 0 atom stereocenters. The van der Waals surface area contributed by atoms with Gasteiger partial charge < -0.3 is 4.90 Å². The Labute approximate surface area is 155 Å². The van der Waals surface area contributed by atoms with Crippen LogP contribution < -0.4 is 4.90 Å². The summed E-state index contributed by atoms with van der Waals surface area (Å²) in [5.74, 6) is 0.550. The second kappa shape index (κ2) is 6.82. The molecular formula is C19H18F3N5. The molecule has 1 aromatic carbocycles. The van der Waals surface area contributed by atoms with E-state index in [4.69, 9.17) is 0 Å². The summed E-state index contributed by atoms with van der Waals surface area (Å²) in [6.45, 7) is 3.41. The zero-order chi connectivity index (χ0) is 19.0. The van der Waals surface area contributed by atoms with Crippen LogP contribution in [0.1, 0.15) is 24.2 Å². The molecule has 2 aromatic rings. The van der Waals surface area contributed by atoms with Gasteiger partial charge in [0, 0.05) is 43.9 Å². The van der Waals surface area contributed by atoms with E-state index in [0.717, 1.165) is 38.3 Å². The van der Waals surface area contributed by atoms with Gasteiger partial charge >= 0.3 is 6.18 Å². The standard InChI is InChI=1S/C19H18F3N5/c20-19(21,22)14-3-1-2-13(10-14)16-11-18(25-17(12-23)24-16)27-8-6-26(7-9-27)15-4-5-15/h1-3,10-11,15H,4-9H2. The Bertz CT molecular complexity index is 878. The third kappa shape index (κ3) is 3.88. The Morgan fingerprint density at radius 1 is 1.04 bits per heavy atom. The third-order valence-electron chi connectivity index (χ3n) is 5.00. The van der Waals surface area contributed by atoms with E-state index in [-0.39, 0.29) is 5.82 Å². The van der Waals surface area contributed by atoms with E-state index >= 15 is 0 Å². The predicted molar refractivity (Wildman–Crippen MR) is 94.0 cm³/mol. The summed E-state index contributed by atoms with van der Waals surface area (Å²) in [6.07, 6.45) is -1.92. The smallest absolute Gasteiger partial charge is 0.354 e. The molecule has 2 heterocycles. The van der Waals surface area contributed by atoms with E-state index < -0.39 is 11.7 Å². The monoisotopic (exact) mass is 373 g/mol. The van der Waals surface area contributed by atoms with E-state index in [9.17, 15) is 18.4 Å². The van der Waals surface area contributed by atoms with Gasteiger partial charge in [0.25, 0.3) is 0 Å². The predicted octanol–water partition coefficient (Wildman–Crippen LogP) is 3.32. The Balaban J connectivity index is 1.63. The van der Waals surface area contributed by atoms with Crippen molar-refractivity contribution in [2.45, 2.75) is 25.1 Å². The van der Waals surface area contributed by atoms with Crippen molar-refractivity contribution in [3.8, 4) is 17.3 Å². The molecule has 5 nitrogen and oxygen atoms in total. The molecule has 2 fully saturated rings. The zero-order valence-electron chi connectivity index (χ0n) is 14.6. The van der Waals surface area contributed by atoms with E-state index in [1.165, 1.54) is 18.9 Å². The number of benzene rings is 1. The van der Waals surface area contributed by atoms with Crippen molar-refractivity contribution >= 4 is 5.82 Å². The van der Waals surface area contributed by atoms with Gasteiger partial charge in [-0.15, -0.1) is 0 Å². The lowest BCUT2D eigenvalue weighted by Crippen LogP contribution is -2.47. The van der Waals surface area contributed by atoms with E-state index in [1.807, 2.05) is 6.07 Å². The van der Waals surface area contributed by atoms with Gasteiger partial charge in [0.05, 0.1) is 11.3 Å². The fraction of sp³-hybridized carbons (Fsp3) is 0.421. The molecule has 1 aromatic heterocycles. The average molecular weight is 373 g/mol. The van der Waals surface area contributed by atoms with Crippen LogP contribution in [0.5, 0.6) is 0 Å². The summed E-state index contributed by atoms with van der Waals surface area (Å²) in [6, 6.07) is 9.27. The summed E-state index contributed by atoms with van der Waals surface area (Å²) in [5, 5.41) is 9.26. The normalized spacial score (nSPS) is 18.4. The molecule has 0 amide bonds. The van der Waals surface area contributed by atoms with Gasteiger partial charge in [-0.1, -0.05) is 12.1 Å². The summed E-state index contributed by atoms with van der Waals surface area (Å²) < 4.78 is 39.0. The van der Waals surface area contributed by atoms with Gasteiger partial charge in [-0.2, -0.15) is 18.4 Å². The van der Waals surface area contributed by atoms with Crippen LogP contribution in [0.3, 0.4) is 0 Å². The van der Waals surface area contributed by atoms with Gasteiger partial charge in [0.1, 0.15) is 11.9 Å². The number of hydrogen-bond acceptors (Lipinski definition) is 5. The number of rotatable bonds is 3. The number of piperazine rings is 1. The van der Waals surface area contributed by atoms with Gasteiger partial charge in [-0.25, -0.2) is 9.97 Å². The summed E-state index contributed by atoms with van der Waals surface area (Å²) in [4.78, 5) is 12.9. The maximum atomic E-state index is 13.0. The van der Waals surface area contributed by atoms with Crippen molar-refractivity contribution in [2.24, 2.45) is 0 Å². The quantitative estimate of drug-likeness (QED) is 0.826. The van der Waals surface area contributed by atoms with Crippen LogP contribution >= 0.6 is 0 Å². The number of nitrogens with zero attached hydrogens (tertiary/aromatic N) is 5. The first-order valence-corrected chi connectivity index (χ1v) is 8.90. The highest BCUT2D eigenvalue weighted by molar-refractivity contribution is 5.64. The minimum atomic E-state index is -4.43. The molecule has 1 aliphatic heterocycles. The van der Waals surface area contributed by atoms with E-state index in [1.54, 1.807) is 12.1 Å². The van der Waals surface area contributed by atoms with Crippen LogP contribution in [0.25, 0.3) is 11.3 Å². The molecule has 2 aliphatic rings. The molecule has 27 heavy (non-hydrogen) atoms. The fourth-order valence-corrected chi connectivity index (χ4v) is 3.41. The molecule has 1 saturated carbocycles. The van der Waals surface area contributed by atoms with Crippen molar-refractivity contribution < 1.29 is 13.2 Å². The number of hydrogen-bond donors (Lipinski definition) is 0. The maximum absolute atomic E-state index is 13.0. The van der Waals surface area contributed by atoms with Crippen molar-refractivity contribution in [1.82, 2.24) is 14.9 Å². The molecule has 0 spiro atoms. The number of anilines is 1. The third-order valence-corrected chi connectivity index (χ3v) is 5.00. The van der Waals surface area contributed by atoms with Crippen molar-refractivity contribution in [3.63, 3.8) is 0 Å². The Hall–Kier alpha value is -2.66. The Morgan fingerprint density at radius 3 is 2.41 bits per heavy atom. The van der Waals surface area contributed by atoms with Crippen LogP contribution in [0.2, 0.25) is 0 Å². The summed E-state index contributed by atoms with van der Waals surface area (Å²) in [5.41, 5.74) is -0.0921. The van der Waals surface area contributed by atoms with Gasteiger partial charge in [-0.05, 0) is 25.0 Å². The molecule has 8 heteroatoms. The molecule has 4 rings (SSSR count). The number of alkyl halides is 3. The SMILES string of the molecule is N#Cc1nc(-c2cccc(C(F)(F)F)c2)cc(N2CCN(C3CC3)CC2)n1. The lowest BCUT2D eigenvalue weighted by Gasteiger charge is -2.35. The number of halogens is 3. The lowest BCUT2D eigenvalue weighted by atomic mass is 10.1. The van der Waals surface area contributed by atoms with E-state index in [2.05, 4.69) is 19.8 Å². The van der Waals surface area contributed by atoms with Crippen LogP contribution in [-0.2, 0) is 6.18 Å². The topological polar surface area (TPSA) is 56.1 Å². The van der Waals surface area contributed by atoms with Gasteiger partial charge in [0.2, 0.25) is 5.82 Å². The zero-order valence-corrected chi connectivity index (χ0v) is 14.6. The number of nitriles is 1. The fourth-order valence-electron chi connectivity index (χ4n) is 3.41. The molecule has 1 aliphatic carbocycles. The van der Waals surface area contributed by atoms with Crippen LogP contribution in [0, 0.1) is 11.3 Å². The molecule has 140 valence electrons. The first-order chi connectivity index (χ1) is 12.9. The minimum Gasteiger partial charge on any atom is -0.354 e. The lowest BCUT2D eigenvalue weighted by molar-refractivity contribution is -0.137. The second-order valence-electron chi connectivity index (χ2n) is 6.88. The molecule has 0 bridgehead atoms. The van der Waals surface area contributed by atoms with Crippen molar-refractivity contribution in [2.75, 3.05) is 31.1 Å². The Kier molecular flexibility index (Phi) is 4.48. The second-order valence-corrected chi connectivity index (χ2v) is 6.88. The highest BCUT2D eigenvalue weighted by Crippen LogP contribution is 2.33. The maximum Gasteiger partial charge on any atom is 0.416 e. The first-order valence-electron chi connectivity index (χ1n) is 8.90.